The van der Waals surface area contributed by atoms with Gasteiger partial charge in [0, 0.05) is 16.9 Å². The van der Waals surface area contributed by atoms with E-state index < -0.39 is 0 Å². The lowest BCUT2D eigenvalue weighted by atomic mass is 10.1. The maximum Gasteiger partial charge on any atom is 0.236 e. The number of thioether (sulfide) groups is 1. The van der Waals surface area contributed by atoms with Crippen molar-refractivity contribution in [1.29, 1.82) is 5.26 Å². The normalized spacial score (nSPS) is 10.7. The van der Waals surface area contributed by atoms with Crippen molar-refractivity contribution in [2.75, 3.05) is 18.2 Å². The van der Waals surface area contributed by atoms with Crippen LogP contribution in [0.25, 0.3) is 17.1 Å². The van der Waals surface area contributed by atoms with Gasteiger partial charge in [-0.25, -0.2) is 4.98 Å². The lowest BCUT2D eigenvalue weighted by Gasteiger charge is -2.13. The molecule has 9 heteroatoms. The molecule has 0 aliphatic heterocycles. The summed E-state index contributed by atoms with van der Waals surface area (Å²) >= 11 is 1.23. The zero-order valence-electron chi connectivity index (χ0n) is 20.0. The first-order valence-corrected chi connectivity index (χ1v) is 12.1. The van der Waals surface area contributed by atoms with Crippen molar-refractivity contribution in [2.45, 2.75) is 32.3 Å². The van der Waals surface area contributed by atoms with Gasteiger partial charge in [0.05, 0.1) is 18.4 Å². The average molecular weight is 487 g/mol. The molecule has 0 saturated carbocycles. The predicted octanol–water partition coefficient (Wildman–Crippen LogP) is 5.05. The number of hydrogen-bond donors (Lipinski definition) is 2. The van der Waals surface area contributed by atoms with Gasteiger partial charge in [-0.15, -0.1) is 5.10 Å². The molecule has 0 aliphatic carbocycles. The van der Waals surface area contributed by atoms with Crippen LogP contribution in [0.1, 0.15) is 29.3 Å². The highest BCUT2D eigenvalue weighted by molar-refractivity contribution is 7.99. The van der Waals surface area contributed by atoms with Gasteiger partial charge in [-0.05, 0) is 55.7 Å². The second kappa shape index (κ2) is 10.5. The molecule has 2 heterocycles. The van der Waals surface area contributed by atoms with E-state index in [1.807, 2.05) is 54.8 Å². The number of aryl methyl sites for hydroxylation is 1. The molecule has 0 fully saturated rings. The predicted molar refractivity (Wildman–Crippen MR) is 137 cm³/mol. The van der Waals surface area contributed by atoms with E-state index in [2.05, 4.69) is 45.6 Å². The Labute approximate surface area is 208 Å². The highest BCUT2D eigenvalue weighted by Gasteiger charge is 2.21. The van der Waals surface area contributed by atoms with Crippen LogP contribution in [0.15, 0.2) is 53.7 Å². The first-order chi connectivity index (χ1) is 16.9. The Kier molecular flexibility index (Phi) is 7.22. The molecule has 0 saturated heterocycles. The number of aromatic amines is 1. The van der Waals surface area contributed by atoms with Gasteiger partial charge in [0.2, 0.25) is 11.1 Å². The minimum atomic E-state index is -0.252. The number of nitriles is 1. The van der Waals surface area contributed by atoms with Crippen LogP contribution in [0.2, 0.25) is 0 Å². The molecule has 2 aromatic carbocycles. The number of ether oxygens (including phenoxy) is 1. The second-order valence-corrected chi connectivity index (χ2v) is 8.88. The van der Waals surface area contributed by atoms with E-state index in [9.17, 15) is 10.1 Å². The Morgan fingerprint density at radius 1 is 1.17 bits per heavy atom. The maximum absolute atomic E-state index is 12.9. The number of carbonyl (C=O) groups excluding carboxylic acids is 1. The summed E-state index contributed by atoms with van der Waals surface area (Å²) in [6, 6.07) is 17.8. The number of rotatable bonds is 8. The van der Waals surface area contributed by atoms with E-state index in [-0.39, 0.29) is 11.7 Å². The van der Waals surface area contributed by atoms with E-state index in [0.717, 1.165) is 34.7 Å². The van der Waals surface area contributed by atoms with E-state index in [0.29, 0.717) is 22.4 Å². The Morgan fingerprint density at radius 2 is 1.89 bits per heavy atom. The summed E-state index contributed by atoms with van der Waals surface area (Å²) in [5, 5.41) is 20.3. The Hall–Kier alpha value is -4.03. The Morgan fingerprint density at radius 3 is 2.51 bits per heavy atom. The molecule has 0 bridgehead atoms. The number of anilines is 1. The third-order valence-corrected chi connectivity index (χ3v) is 6.69. The highest BCUT2D eigenvalue weighted by atomic mass is 32.2. The maximum atomic E-state index is 12.9. The van der Waals surface area contributed by atoms with Gasteiger partial charge in [-0.1, -0.05) is 43.0 Å². The molecule has 0 unspecified atom stereocenters. The van der Waals surface area contributed by atoms with Crippen LogP contribution < -0.4 is 10.1 Å². The van der Waals surface area contributed by atoms with Crippen molar-refractivity contribution in [3.63, 3.8) is 0 Å². The molecule has 2 N–H and O–H groups in total. The van der Waals surface area contributed by atoms with Crippen LogP contribution in [-0.4, -0.2) is 38.5 Å². The Bertz CT molecular complexity index is 1380. The van der Waals surface area contributed by atoms with Crippen molar-refractivity contribution >= 4 is 23.5 Å². The minimum Gasteiger partial charge on any atom is -0.497 e. The third-order valence-electron chi connectivity index (χ3n) is 5.85. The molecule has 1 amide bonds. The van der Waals surface area contributed by atoms with E-state index >= 15 is 0 Å². The fraction of sp³-hybridized carbons (Fsp3) is 0.231. The summed E-state index contributed by atoms with van der Waals surface area (Å²) in [5.41, 5.74) is 5.14. The molecule has 0 aliphatic rings. The molecule has 4 rings (SSSR count). The molecule has 0 radical (unpaired) electrons. The van der Waals surface area contributed by atoms with Gasteiger partial charge < -0.3 is 10.1 Å². The summed E-state index contributed by atoms with van der Waals surface area (Å²) in [4.78, 5) is 17.4. The molecule has 2 aromatic heterocycles. The molecule has 8 nitrogen and oxygen atoms in total. The summed E-state index contributed by atoms with van der Waals surface area (Å²) < 4.78 is 7.12. The molecule has 0 atom stereocenters. The fourth-order valence-corrected chi connectivity index (χ4v) is 4.35. The molecule has 178 valence electrons. The smallest absolute Gasteiger partial charge is 0.236 e. The zero-order valence-corrected chi connectivity index (χ0v) is 20.9. The van der Waals surface area contributed by atoms with Gasteiger partial charge in [0.15, 0.2) is 5.82 Å². The zero-order chi connectivity index (χ0) is 24.9. The summed E-state index contributed by atoms with van der Waals surface area (Å²) in [5.74, 6) is 1.68. The van der Waals surface area contributed by atoms with Crippen molar-refractivity contribution in [3.8, 4) is 28.9 Å². The van der Waals surface area contributed by atoms with Crippen LogP contribution in [0.3, 0.4) is 0 Å². The number of aromatic nitrogens is 4. The monoisotopic (exact) mass is 486 g/mol. The third kappa shape index (κ3) is 5.08. The number of amides is 1. The van der Waals surface area contributed by atoms with Gasteiger partial charge in [0.25, 0.3) is 0 Å². The number of methoxy groups -OCH3 is 1. The van der Waals surface area contributed by atoms with Gasteiger partial charge >= 0.3 is 0 Å². The number of carbonyl (C=O) groups is 1. The number of benzene rings is 2. The lowest BCUT2D eigenvalue weighted by Crippen LogP contribution is -2.17. The number of H-pyrrole nitrogens is 1. The van der Waals surface area contributed by atoms with E-state index in [1.54, 1.807) is 7.11 Å². The Balaban J connectivity index is 1.50. The minimum absolute atomic E-state index is 0.100. The van der Waals surface area contributed by atoms with Crippen molar-refractivity contribution in [2.24, 2.45) is 0 Å². The van der Waals surface area contributed by atoms with Gasteiger partial charge in [-0.3, -0.25) is 14.5 Å². The standard InChI is InChI=1S/C26H26N6O2S/c1-5-18-6-8-19(9-7-18)24-29-26(31-30-24)35-15-23(33)28-25-22(14-27)16(2)17(3)32(25)20-10-12-21(34-4)13-11-20/h6-13H,5,15H2,1-4H3,(H,28,33)(H,29,30,31). The van der Waals surface area contributed by atoms with Crippen LogP contribution in [0, 0.1) is 25.2 Å². The quantitative estimate of drug-likeness (QED) is 0.337. The average Bonchev–Trinajstić information content (AvgIpc) is 3.45. The molecular formula is C26H26N6O2S. The van der Waals surface area contributed by atoms with E-state index in [4.69, 9.17) is 4.74 Å². The molecular weight excluding hydrogens is 460 g/mol. The van der Waals surface area contributed by atoms with Gasteiger partial charge in [0.1, 0.15) is 17.6 Å². The molecule has 35 heavy (non-hydrogen) atoms. The molecule has 4 aromatic rings. The summed E-state index contributed by atoms with van der Waals surface area (Å²) in [7, 11) is 1.61. The SMILES string of the molecule is CCc1ccc(-c2nc(SCC(=O)Nc3c(C#N)c(C)c(C)n3-c3ccc(OC)cc3)n[nH]2)cc1. The fourth-order valence-electron chi connectivity index (χ4n) is 3.75. The summed E-state index contributed by atoms with van der Waals surface area (Å²) in [6.07, 6.45) is 0.974. The van der Waals surface area contributed by atoms with Gasteiger partial charge in [-0.2, -0.15) is 5.26 Å². The highest BCUT2D eigenvalue weighted by Crippen LogP contribution is 2.31. The van der Waals surface area contributed by atoms with Crippen LogP contribution in [0.4, 0.5) is 5.82 Å². The number of nitrogens with zero attached hydrogens (tertiary/aromatic N) is 4. The summed E-state index contributed by atoms with van der Waals surface area (Å²) in [6.45, 7) is 5.91. The number of nitrogens with one attached hydrogen (secondary N) is 2. The molecule has 0 spiro atoms. The lowest BCUT2D eigenvalue weighted by molar-refractivity contribution is -0.113. The van der Waals surface area contributed by atoms with E-state index in [1.165, 1.54) is 17.3 Å². The van der Waals surface area contributed by atoms with Crippen molar-refractivity contribution in [1.82, 2.24) is 19.7 Å². The van der Waals surface area contributed by atoms with Crippen LogP contribution in [-0.2, 0) is 11.2 Å². The number of hydrogen-bond acceptors (Lipinski definition) is 6. The largest absolute Gasteiger partial charge is 0.497 e. The first kappa shape index (κ1) is 24.1. The van der Waals surface area contributed by atoms with Crippen molar-refractivity contribution < 1.29 is 9.53 Å². The topological polar surface area (TPSA) is 109 Å². The van der Waals surface area contributed by atoms with Crippen LogP contribution in [0.5, 0.6) is 5.75 Å². The second-order valence-electron chi connectivity index (χ2n) is 7.93. The van der Waals surface area contributed by atoms with Crippen LogP contribution >= 0.6 is 11.8 Å². The first-order valence-electron chi connectivity index (χ1n) is 11.2. The van der Waals surface area contributed by atoms with Crippen molar-refractivity contribution in [3.05, 3.63) is 70.9 Å².